The van der Waals surface area contributed by atoms with Crippen LogP contribution in [0, 0.1) is 0 Å². The lowest BCUT2D eigenvalue weighted by Gasteiger charge is -2.14. The third-order valence-corrected chi connectivity index (χ3v) is 3.28. The first kappa shape index (κ1) is 14.6. The molecule has 2 amide bonds. The molecule has 20 heavy (non-hydrogen) atoms. The molecule has 5 nitrogen and oxygen atoms in total. The lowest BCUT2D eigenvalue weighted by molar-refractivity contribution is 0.237. The molecule has 2 N–H and O–H groups in total. The van der Waals surface area contributed by atoms with Crippen molar-refractivity contribution >= 4 is 22.0 Å². The molecule has 0 aliphatic heterocycles. The molecule has 1 heterocycles. The lowest BCUT2D eigenvalue weighted by atomic mass is 10.1. The van der Waals surface area contributed by atoms with Gasteiger partial charge in [-0.15, -0.1) is 0 Å². The molecular weight excluding hydrogens is 322 g/mol. The maximum absolute atomic E-state index is 11.7. The average molecular weight is 338 g/mol. The predicted octanol–water partition coefficient (Wildman–Crippen LogP) is 2.87. The number of urea groups is 1. The van der Waals surface area contributed by atoms with Gasteiger partial charge in [0.2, 0.25) is 0 Å². The molecule has 1 aromatic heterocycles. The largest absolute Gasteiger partial charge is 0.364 e. The average Bonchev–Trinajstić information content (AvgIpc) is 2.92. The van der Waals surface area contributed by atoms with Crippen molar-refractivity contribution in [1.29, 1.82) is 0 Å². The molecule has 106 valence electrons. The minimum absolute atomic E-state index is 0.0495. The van der Waals surface area contributed by atoms with Crippen molar-refractivity contribution in [3.05, 3.63) is 52.3 Å². The first-order chi connectivity index (χ1) is 9.63. The van der Waals surface area contributed by atoms with Gasteiger partial charge in [-0.1, -0.05) is 33.2 Å². The number of rotatable bonds is 5. The van der Waals surface area contributed by atoms with E-state index in [0.717, 1.165) is 10.9 Å². The van der Waals surface area contributed by atoms with Gasteiger partial charge in [0.25, 0.3) is 0 Å². The van der Waals surface area contributed by atoms with Crippen molar-refractivity contribution in [3.8, 4) is 0 Å². The van der Waals surface area contributed by atoms with Crippen molar-refractivity contribution in [1.82, 2.24) is 15.8 Å². The second-order valence-electron chi connectivity index (χ2n) is 4.55. The fraction of sp³-hybridized carbons (Fsp3) is 0.286. The Bertz CT molecular complexity index is 540. The number of halogens is 1. The van der Waals surface area contributed by atoms with E-state index in [9.17, 15) is 4.79 Å². The van der Waals surface area contributed by atoms with Gasteiger partial charge in [-0.2, -0.15) is 0 Å². The van der Waals surface area contributed by atoms with Crippen LogP contribution in [-0.2, 0) is 13.0 Å². The zero-order valence-electron chi connectivity index (χ0n) is 11.1. The molecule has 0 unspecified atom stereocenters. The Morgan fingerprint density at radius 3 is 2.75 bits per heavy atom. The molecule has 1 aromatic carbocycles. The smallest absolute Gasteiger partial charge is 0.315 e. The molecule has 2 rings (SSSR count). The van der Waals surface area contributed by atoms with Gasteiger partial charge in [0.1, 0.15) is 12.0 Å². The van der Waals surface area contributed by atoms with Crippen LogP contribution in [-0.4, -0.2) is 17.2 Å². The van der Waals surface area contributed by atoms with Crippen LogP contribution in [0.3, 0.4) is 0 Å². The summed E-state index contributed by atoms with van der Waals surface area (Å²) in [5.74, 6) is 0. The summed E-state index contributed by atoms with van der Waals surface area (Å²) in [7, 11) is 0. The van der Waals surface area contributed by atoms with Crippen LogP contribution >= 0.6 is 15.9 Å². The first-order valence-corrected chi connectivity index (χ1v) is 7.11. The Hall–Kier alpha value is -1.82. The fourth-order valence-electron chi connectivity index (χ4n) is 1.80. The van der Waals surface area contributed by atoms with Crippen LogP contribution in [0.4, 0.5) is 4.79 Å². The van der Waals surface area contributed by atoms with Crippen LogP contribution in [0.25, 0.3) is 0 Å². The molecule has 1 atom stereocenters. The normalized spacial score (nSPS) is 11.9. The van der Waals surface area contributed by atoms with E-state index >= 15 is 0 Å². The van der Waals surface area contributed by atoms with E-state index in [-0.39, 0.29) is 12.1 Å². The molecule has 0 radical (unpaired) electrons. The van der Waals surface area contributed by atoms with Crippen LogP contribution in [0.1, 0.15) is 18.2 Å². The van der Waals surface area contributed by atoms with Gasteiger partial charge in [-0.3, -0.25) is 0 Å². The standard InChI is InChI=1S/C14H16BrN3O2/c1-10(8-11-2-4-12(15)5-3-11)17-14(19)16-9-13-6-7-20-18-13/h2-7,10H,8-9H2,1H3,(H2,16,17,19)/t10-/m1/s1. The van der Waals surface area contributed by atoms with E-state index in [1.54, 1.807) is 6.07 Å². The van der Waals surface area contributed by atoms with Crippen molar-refractivity contribution in [2.24, 2.45) is 0 Å². The number of hydrogen-bond donors (Lipinski definition) is 2. The number of benzene rings is 1. The highest BCUT2D eigenvalue weighted by atomic mass is 79.9. The zero-order chi connectivity index (χ0) is 14.4. The molecule has 0 aliphatic rings. The summed E-state index contributed by atoms with van der Waals surface area (Å²) in [6.07, 6.45) is 2.26. The number of carbonyl (C=O) groups is 1. The fourth-order valence-corrected chi connectivity index (χ4v) is 2.06. The molecule has 0 spiro atoms. The Morgan fingerprint density at radius 1 is 1.35 bits per heavy atom. The summed E-state index contributed by atoms with van der Waals surface area (Å²) >= 11 is 3.40. The predicted molar refractivity (Wildman–Crippen MR) is 79.2 cm³/mol. The Kier molecular flexibility index (Phi) is 5.17. The van der Waals surface area contributed by atoms with Gasteiger partial charge in [0.05, 0.1) is 6.54 Å². The van der Waals surface area contributed by atoms with Gasteiger partial charge >= 0.3 is 6.03 Å². The van der Waals surface area contributed by atoms with E-state index in [1.165, 1.54) is 11.8 Å². The molecule has 0 bridgehead atoms. The highest BCUT2D eigenvalue weighted by Crippen LogP contribution is 2.11. The number of aromatic nitrogens is 1. The van der Waals surface area contributed by atoms with Gasteiger partial charge in [0, 0.05) is 16.6 Å². The highest BCUT2D eigenvalue weighted by molar-refractivity contribution is 9.10. The van der Waals surface area contributed by atoms with E-state index in [4.69, 9.17) is 4.52 Å². The van der Waals surface area contributed by atoms with E-state index in [2.05, 4.69) is 31.7 Å². The topological polar surface area (TPSA) is 67.2 Å². The summed E-state index contributed by atoms with van der Waals surface area (Å²) < 4.78 is 5.74. The number of nitrogens with one attached hydrogen (secondary N) is 2. The minimum Gasteiger partial charge on any atom is -0.364 e. The van der Waals surface area contributed by atoms with Crippen molar-refractivity contribution in [2.75, 3.05) is 0 Å². The van der Waals surface area contributed by atoms with Gasteiger partial charge in [-0.25, -0.2) is 4.79 Å². The number of nitrogens with zero attached hydrogens (tertiary/aromatic N) is 1. The maximum atomic E-state index is 11.7. The number of hydrogen-bond acceptors (Lipinski definition) is 3. The lowest BCUT2D eigenvalue weighted by Crippen LogP contribution is -2.41. The van der Waals surface area contributed by atoms with Crippen molar-refractivity contribution in [3.63, 3.8) is 0 Å². The number of carbonyl (C=O) groups excluding carboxylic acids is 1. The van der Waals surface area contributed by atoms with Gasteiger partial charge < -0.3 is 15.2 Å². The molecule has 2 aromatic rings. The molecule has 0 fully saturated rings. The molecule has 0 saturated carbocycles. The Balaban J connectivity index is 1.74. The van der Waals surface area contributed by atoms with Crippen LogP contribution in [0.5, 0.6) is 0 Å². The maximum Gasteiger partial charge on any atom is 0.315 e. The van der Waals surface area contributed by atoms with Gasteiger partial charge in [-0.05, 0) is 31.0 Å². The quantitative estimate of drug-likeness (QED) is 0.881. The number of amides is 2. The molecule has 0 saturated heterocycles. The Morgan fingerprint density at radius 2 is 2.10 bits per heavy atom. The third-order valence-electron chi connectivity index (χ3n) is 2.75. The van der Waals surface area contributed by atoms with Crippen LogP contribution in [0.15, 0.2) is 45.6 Å². The van der Waals surface area contributed by atoms with E-state index in [1.807, 2.05) is 31.2 Å². The Labute approximate surface area is 125 Å². The summed E-state index contributed by atoms with van der Waals surface area (Å²) in [4.78, 5) is 11.7. The van der Waals surface area contributed by atoms with Crippen molar-refractivity contribution in [2.45, 2.75) is 25.9 Å². The second kappa shape index (κ2) is 7.09. The molecule has 0 aliphatic carbocycles. The van der Waals surface area contributed by atoms with Crippen LogP contribution in [0.2, 0.25) is 0 Å². The summed E-state index contributed by atoms with van der Waals surface area (Å²) in [5, 5.41) is 9.34. The molecular formula is C14H16BrN3O2. The first-order valence-electron chi connectivity index (χ1n) is 6.31. The summed E-state index contributed by atoms with van der Waals surface area (Å²) in [6.45, 7) is 2.32. The zero-order valence-corrected chi connectivity index (χ0v) is 12.7. The van der Waals surface area contributed by atoms with Crippen LogP contribution < -0.4 is 10.6 Å². The third kappa shape index (κ3) is 4.70. The van der Waals surface area contributed by atoms with Gasteiger partial charge in [0.15, 0.2) is 0 Å². The van der Waals surface area contributed by atoms with Crippen molar-refractivity contribution < 1.29 is 9.32 Å². The van der Waals surface area contributed by atoms with E-state index < -0.39 is 0 Å². The highest BCUT2D eigenvalue weighted by Gasteiger charge is 2.08. The molecule has 6 heteroatoms. The minimum atomic E-state index is -0.211. The SMILES string of the molecule is C[C@H](Cc1ccc(Br)cc1)NC(=O)NCc1ccon1. The summed E-state index contributed by atoms with van der Waals surface area (Å²) in [6, 6.07) is 9.61. The summed E-state index contributed by atoms with van der Waals surface area (Å²) in [5.41, 5.74) is 1.87. The second-order valence-corrected chi connectivity index (χ2v) is 5.47. The monoisotopic (exact) mass is 337 g/mol. The van der Waals surface area contributed by atoms with E-state index in [0.29, 0.717) is 12.2 Å².